The quantitative estimate of drug-likeness (QED) is 0.549. The zero-order valence-electron chi connectivity index (χ0n) is 9.78. The Hall–Kier alpha value is -0.570. The van der Waals surface area contributed by atoms with Gasteiger partial charge in [-0.1, -0.05) is 0 Å². The largest absolute Gasteiger partial charge is 0.459 e. The number of ether oxygens (including phenoxy) is 2. The molecule has 0 radical (unpaired) electrons. The lowest BCUT2D eigenvalue weighted by atomic mass is 10.1. The molecule has 1 aliphatic rings. The minimum atomic E-state index is -6.27. The fraction of sp³-hybridized carbons (Fsp3) is 1.00. The number of rotatable bonds is 6. The highest BCUT2D eigenvalue weighted by molar-refractivity contribution is 4.90. The monoisotopic (exact) mass is 298 g/mol. The summed E-state index contributed by atoms with van der Waals surface area (Å²) in [4.78, 5) is 0. The van der Waals surface area contributed by atoms with Crippen LogP contribution in [0.2, 0.25) is 0 Å². The van der Waals surface area contributed by atoms with Gasteiger partial charge in [0.05, 0.1) is 0 Å². The zero-order chi connectivity index (χ0) is 14.7. The summed E-state index contributed by atoms with van der Waals surface area (Å²) < 4.78 is 96.0. The summed E-state index contributed by atoms with van der Waals surface area (Å²) in [5.74, 6) is -11.2. The summed E-state index contributed by atoms with van der Waals surface area (Å²) in [7, 11) is 0. The first-order valence-electron chi connectivity index (χ1n) is 5.63. The van der Waals surface area contributed by atoms with Crippen LogP contribution in [0.15, 0.2) is 0 Å². The summed E-state index contributed by atoms with van der Waals surface area (Å²) in [6.07, 6.45) is -7.80. The normalized spacial score (nSPS) is 21.9. The minimum absolute atomic E-state index is 0.353. The highest BCUT2D eigenvalue weighted by atomic mass is 19.4. The Morgan fingerprint density at radius 2 is 1.68 bits per heavy atom. The molecule has 0 bridgehead atoms. The fourth-order valence-electron chi connectivity index (χ4n) is 1.55. The van der Waals surface area contributed by atoms with Crippen molar-refractivity contribution in [1.29, 1.82) is 0 Å². The molecule has 0 aromatic heterocycles. The molecule has 0 amide bonds. The average Bonchev–Trinajstić information content (AvgIpc) is 2.75. The number of hydrogen-bond acceptors (Lipinski definition) is 2. The molecule has 0 spiro atoms. The van der Waals surface area contributed by atoms with Gasteiger partial charge in [0.2, 0.25) is 0 Å². The molecule has 1 atom stereocenters. The first-order valence-corrected chi connectivity index (χ1v) is 5.63. The van der Waals surface area contributed by atoms with Gasteiger partial charge in [0.1, 0.15) is 0 Å². The zero-order valence-corrected chi connectivity index (χ0v) is 9.78. The smallest absolute Gasteiger partial charge is 0.353 e. The van der Waals surface area contributed by atoms with Crippen molar-refractivity contribution in [3.63, 3.8) is 0 Å². The second-order valence-corrected chi connectivity index (χ2v) is 4.19. The molecule has 0 saturated carbocycles. The molecule has 0 aromatic rings. The first kappa shape index (κ1) is 16.5. The van der Waals surface area contributed by atoms with Crippen LogP contribution in [-0.2, 0) is 9.47 Å². The van der Waals surface area contributed by atoms with Crippen LogP contribution in [0.25, 0.3) is 0 Å². The topological polar surface area (TPSA) is 18.5 Å². The van der Waals surface area contributed by atoms with Gasteiger partial charge in [-0.15, -0.1) is 0 Å². The van der Waals surface area contributed by atoms with E-state index >= 15 is 0 Å². The SMILES string of the molecule is FC(F)(F)C(F)(F)C(F)(F)CCCOC1CCCO1. The van der Waals surface area contributed by atoms with Crippen molar-refractivity contribution in [1.82, 2.24) is 0 Å². The Bertz CT molecular complexity index is 284. The summed E-state index contributed by atoms with van der Waals surface area (Å²) >= 11 is 0. The molecule has 1 heterocycles. The van der Waals surface area contributed by atoms with Crippen molar-refractivity contribution in [3.05, 3.63) is 0 Å². The van der Waals surface area contributed by atoms with Crippen molar-refractivity contribution < 1.29 is 40.2 Å². The van der Waals surface area contributed by atoms with Gasteiger partial charge in [0.25, 0.3) is 0 Å². The standard InChI is InChI=1S/C10H13F7O2/c11-8(12,9(13,14)10(15,16)17)4-2-6-19-7-3-1-5-18-7/h7H,1-6H2. The highest BCUT2D eigenvalue weighted by Gasteiger charge is 2.72. The van der Waals surface area contributed by atoms with E-state index in [9.17, 15) is 30.7 Å². The van der Waals surface area contributed by atoms with Gasteiger partial charge >= 0.3 is 18.0 Å². The summed E-state index contributed by atoms with van der Waals surface area (Å²) in [6.45, 7) is 0.0984. The van der Waals surface area contributed by atoms with Gasteiger partial charge in [0, 0.05) is 26.1 Å². The third-order valence-corrected chi connectivity index (χ3v) is 2.64. The number of halogens is 7. The molecular formula is C10H13F7O2. The summed E-state index contributed by atoms with van der Waals surface area (Å²) in [6, 6.07) is 0. The maximum Gasteiger partial charge on any atom is 0.459 e. The molecule has 19 heavy (non-hydrogen) atoms. The predicted molar refractivity (Wildman–Crippen MR) is 50.1 cm³/mol. The van der Waals surface area contributed by atoms with Crippen LogP contribution in [0.1, 0.15) is 25.7 Å². The number of hydrogen-bond donors (Lipinski definition) is 0. The Morgan fingerprint density at radius 1 is 1.05 bits per heavy atom. The molecule has 114 valence electrons. The minimum Gasteiger partial charge on any atom is -0.353 e. The Labute approximate surface area is 104 Å². The van der Waals surface area contributed by atoms with Gasteiger partial charge in [-0.05, 0) is 12.8 Å². The van der Waals surface area contributed by atoms with Crippen molar-refractivity contribution in [2.24, 2.45) is 0 Å². The average molecular weight is 298 g/mol. The molecule has 2 nitrogen and oxygen atoms in total. The van der Waals surface area contributed by atoms with Crippen LogP contribution in [0.3, 0.4) is 0 Å². The van der Waals surface area contributed by atoms with E-state index in [1.807, 2.05) is 0 Å². The molecule has 1 fully saturated rings. The van der Waals surface area contributed by atoms with Crippen LogP contribution in [0.5, 0.6) is 0 Å². The van der Waals surface area contributed by atoms with E-state index in [2.05, 4.69) is 0 Å². The van der Waals surface area contributed by atoms with E-state index in [4.69, 9.17) is 9.47 Å². The van der Waals surface area contributed by atoms with E-state index in [1.54, 1.807) is 0 Å². The number of alkyl halides is 7. The van der Waals surface area contributed by atoms with Crippen molar-refractivity contribution in [3.8, 4) is 0 Å². The predicted octanol–water partition coefficient (Wildman–Crippen LogP) is 3.75. The third kappa shape index (κ3) is 3.95. The maximum atomic E-state index is 12.8. The van der Waals surface area contributed by atoms with Gasteiger partial charge in [0.15, 0.2) is 6.29 Å². The lowest BCUT2D eigenvalue weighted by Crippen LogP contribution is -2.51. The van der Waals surface area contributed by atoms with Gasteiger partial charge in [-0.2, -0.15) is 30.7 Å². The van der Waals surface area contributed by atoms with Gasteiger partial charge in [-0.25, -0.2) is 0 Å². The molecule has 9 heteroatoms. The lowest BCUT2D eigenvalue weighted by molar-refractivity contribution is -0.356. The van der Waals surface area contributed by atoms with Crippen LogP contribution in [0, 0.1) is 0 Å². The Morgan fingerprint density at radius 3 is 2.16 bits per heavy atom. The van der Waals surface area contributed by atoms with E-state index < -0.39 is 37.2 Å². The van der Waals surface area contributed by atoms with Crippen LogP contribution >= 0.6 is 0 Å². The van der Waals surface area contributed by atoms with Crippen LogP contribution in [-0.4, -0.2) is 37.5 Å². The van der Waals surface area contributed by atoms with Crippen molar-refractivity contribution in [2.45, 2.75) is 50.0 Å². The lowest BCUT2D eigenvalue weighted by Gasteiger charge is -2.28. The van der Waals surface area contributed by atoms with Crippen LogP contribution < -0.4 is 0 Å². The highest BCUT2D eigenvalue weighted by Crippen LogP contribution is 2.48. The molecule has 0 aliphatic carbocycles. The van der Waals surface area contributed by atoms with E-state index in [0.29, 0.717) is 13.0 Å². The molecular weight excluding hydrogens is 285 g/mol. The molecule has 1 unspecified atom stereocenters. The Balaban J connectivity index is 2.37. The maximum absolute atomic E-state index is 12.8. The molecule has 1 saturated heterocycles. The van der Waals surface area contributed by atoms with Crippen molar-refractivity contribution >= 4 is 0 Å². The van der Waals surface area contributed by atoms with E-state index in [-0.39, 0.29) is 6.61 Å². The Kier molecular flexibility index (Phi) is 5.05. The van der Waals surface area contributed by atoms with Crippen LogP contribution in [0.4, 0.5) is 30.7 Å². The second kappa shape index (κ2) is 5.82. The molecule has 1 aliphatic heterocycles. The molecule has 0 N–H and O–H groups in total. The second-order valence-electron chi connectivity index (χ2n) is 4.19. The van der Waals surface area contributed by atoms with Crippen molar-refractivity contribution in [2.75, 3.05) is 13.2 Å². The van der Waals surface area contributed by atoms with E-state index in [0.717, 1.165) is 6.42 Å². The fourth-order valence-corrected chi connectivity index (χ4v) is 1.55. The molecule has 0 aromatic carbocycles. The first-order chi connectivity index (χ1) is 8.58. The van der Waals surface area contributed by atoms with Gasteiger partial charge in [-0.3, -0.25) is 0 Å². The third-order valence-electron chi connectivity index (χ3n) is 2.64. The summed E-state index contributed by atoms with van der Waals surface area (Å²) in [5.41, 5.74) is 0. The van der Waals surface area contributed by atoms with E-state index in [1.165, 1.54) is 0 Å². The summed E-state index contributed by atoms with van der Waals surface area (Å²) in [5, 5.41) is 0. The molecule has 1 rings (SSSR count). The van der Waals surface area contributed by atoms with Gasteiger partial charge < -0.3 is 9.47 Å².